The summed E-state index contributed by atoms with van der Waals surface area (Å²) in [5.41, 5.74) is 1.13. The van der Waals surface area contributed by atoms with E-state index >= 15 is 0 Å². The van der Waals surface area contributed by atoms with Crippen molar-refractivity contribution >= 4 is 28.9 Å². The van der Waals surface area contributed by atoms with Crippen LogP contribution in [-0.4, -0.2) is 23.3 Å². The van der Waals surface area contributed by atoms with E-state index in [-0.39, 0.29) is 0 Å². The fraction of sp³-hybridized carbons (Fsp3) is 0.300. The van der Waals surface area contributed by atoms with E-state index < -0.39 is 0 Å². The van der Waals surface area contributed by atoms with E-state index in [1.54, 1.807) is 0 Å². The van der Waals surface area contributed by atoms with E-state index in [0.717, 1.165) is 30.5 Å². The monoisotopic (exact) mass is 241 g/mol. The van der Waals surface area contributed by atoms with Crippen molar-refractivity contribution in [3.05, 3.63) is 34.9 Å². The van der Waals surface area contributed by atoms with E-state index in [4.69, 9.17) is 23.8 Å². The Morgan fingerprint density at radius 1 is 1.27 bits per heavy atom. The average Bonchev–Trinajstić information content (AvgIpc) is 2.25. The highest BCUT2D eigenvalue weighted by atomic mass is 35.5. The minimum atomic E-state index is 0.713. The van der Waals surface area contributed by atoms with Crippen molar-refractivity contribution in [3.63, 3.8) is 0 Å². The minimum absolute atomic E-state index is 0.713. The average molecular weight is 242 g/mol. The number of thiocarbonyl (C=S) groups is 1. The molecule has 15 heavy (non-hydrogen) atoms. The van der Waals surface area contributed by atoms with E-state index in [9.17, 15) is 0 Å². The molecule has 5 heteroatoms. The maximum Gasteiger partial charge on any atom is 0.168 e. The third kappa shape index (κ3) is 2.81. The molecule has 1 heterocycles. The Hall–Kier alpha value is -0.840. The second-order valence-electron chi connectivity index (χ2n) is 3.42. The highest BCUT2D eigenvalue weighted by molar-refractivity contribution is 7.80. The van der Waals surface area contributed by atoms with Gasteiger partial charge in [-0.1, -0.05) is 29.8 Å². The van der Waals surface area contributed by atoms with Crippen molar-refractivity contribution in [2.45, 2.75) is 6.54 Å². The van der Waals surface area contributed by atoms with Crippen molar-refractivity contribution in [2.75, 3.05) is 13.3 Å². The molecular formula is C10H12ClN3S. The Balaban J connectivity index is 1.97. The fourth-order valence-corrected chi connectivity index (χ4v) is 1.79. The summed E-state index contributed by atoms with van der Waals surface area (Å²) >= 11 is 11.1. The summed E-state index contributed by atoms with van der Waals surface area (Å²) in [5, 5.41) is 7.67. The van der Waals surface area contributed by atoms with Crippen LogP contribution in [0.15, 0.2) is 24.3 Å². The fourth-order valence-electron chi connectivity index (χ4n) is 1.46. The molecule has 1 fully saturated rings. The molecule has 0 aromatic heterocycles. The first-order valence-corrected chi connectivity index (χ1v) is 5.52. The third-order valence-electron chi connectivity index (χ3n) is 2.28. The zero-order valence-corrected chi connectivity index (χ0v) is 9.74. The lowest BCUT2D eigenvalue weighted by atomic mass is 10.2. The standard InChI is InChI=1S/C10H12ClN3S/c11-9-4-2-1-3-8(9)5-14-6-12-10(15)13-7-14/h1-4H,5-7H2,(H2,12,13,15). The summed E-state index contributed by atoms with van der Waals surface area (Å²) in [6, 6.07) is 7.88. The van der Waals surface area contributed by atoms with E-state index in [1.165, 1.54) is 0 Å². The predicted molar refractivity (Wildman–Crippen MR) is 65.6 cm³/mol. The van der Waals surface area contributed by atoms with Crippen molar-refractivity contribution in [1.29, 1.82) is 0 Å². The Morgan fingerprint density at radius 3 is 2.60 bits per heavy atom. The lowest BCUT2D eigenvalue weighted by Gasteiger charge is -2.29. The molecule has 1 aliphatic rings. The van der Waals surface area contributed by atoms with Gasteiger partial charge in [0.25, 0.3) is 0 Å². The van der Waals surface area contributed by atoms with Gasteiger partial charge in [-0.05, 0) is 23.8 Å². The summed E-state index contributed by atoms with van der Waals surface area (Å²) < 4.78 is 0. The quantitative estimate of drug-likeness (QED) is 0.769. The first-order valence-electron chi connectivity index (χ1n) is 4.73. The van der Waals surface area contributed by atoms with Gasteiger partial charge in [0.15, 0.2) is 5.11 Å². The molecule has 0 atom stereocenters. The van der Waals surface area contributed by atoms with E-state index in [2.05, 4.69) is 15.5 Å². The van der Waals surface area contributed by atoms with E-state index in [0.29, 0.717) is 5.11 Å². The Labute approximate surface area is 99.4 Å². The Bertz CT molecular complexity index is 359. The molecular weight excluding hydrogens is 230 g/mol. The van der Waals surface area contributed by atoms with Gasteiger partial charge in [-0.3, -0.25) is 4.90 Å². The maximum atomic E-state index is 6.08. The molecule has 0 saturated carbocycles. The second-order valence-corrected chi connectivity index (χ2v) is 4.23. The molecule has 0 radical (unpaired) electrons. The Kier molecular flexibility index (Phi) is 3.41. The van der Waals surface area contributed by atoms with Crippen LogP contribution in [-0.2, 0) is 6.54 Å². The summed E-state index contributed by atoms with van der Waals surface area (Å²) in [6.07, 6.45) is 0. The zero-order chi connectivity index (χ0) is 10.7. The van der Waals surface area contributed by atoms with Crippen LogP contribution in [0.2, 0.25) is 5.02 Å². The molecule has 2 N–H and O–H groups in total. The Morgan fingerprint density at radius 2 is 1.93 bits per heavy atom. The van der Waals surface area contributed by atoms with Gasteiger partial charge in [-0.15, -0.1) is 0 Å². The number of halogens is 1. The van der Waals surface area contributed by atoms with Crippen molar-refractivity contribution in [3.8, 4) is 0 Å². The van der Waals surface area contributed by atoms with Gasteiger partial charge < -0.3 is 10.6 Å². The molecule has 1 aliphatic heterocycles. The molecule has 2 rings (SSSR count). The van der Waals surface area contributed by atoms with Crippen LogP contribution in [0.3, 0.4) is 0 Å². The molecule has 0 bridgehead atoms. The van der Waals surface area contributed by atoms with Crippen LogP contribution in [0.4, 0.5) is 0 Å². The third-order valence-corrected chi connectivity index (χ3v) is 2.94. The number of benzene rings is 1. The summed E-state index contributed by atoms with van der Waals surface area (Å²) in [4.78, 5) is 2.19. The first-order chi connectivity index (χ1) is 7.25. The lowest BCUT2D eigenvalue weighted by Crippen LogP contribution is -2.53. The summed E-state index contributed by atoms with van der Waals surface area (Å²) in [5.74, 6) is 0. The lowest BCUT2D eigenvalue weighted by molar-refractivity contribution is 0.236. The van der Waals surface area contributed by atoms with Crippen LogP contribution in [0, 0.1) is 0 Å². The number of nitrogens with zero attached hydrogens (tertiary/aromatic N) is 1. The van der Waals surface area contributed by atoms with Crippen molar-refractivity contribution < 1.29 is 0 Å². The SMILES string of the molecule is S=C1NCN(Cc2ccccc2Cl)CN1. The van der Waals surface area contributed by atoms with Crippen LogP contribution < -0.4 is 10.6 Å². The molecule has 0 unspecified atom stereocenters. The normalized spacial score (nSPS) is 17.0. The molecule has 1 saturated heterocycles. The molecule has 0 aliphatic carbocycles. The molecule has 0 amide bonds. The highest BCUT2D eigenvalue weighted by Gasteiger charge is 2.12. The van der Waals surface area contributed by atoms with Crippen LogP contribution in [0.5, 0.6) is 0 Å². The summed E-state index contributed by atoms with van der Waals surface area (Å²) in [7, 11) is 0. The number of hydrogen-bond acceptors (Lipinski definition) is 2. The highest BCUT2D eigenvalue weighted by Crippen LogP contribution is 2.16. The van der Waals surface area contributed by atoms with Crippen LogP contribution in [0.1, 0.15) is 5.56 Å². The zero-order valence-electron chi connectivity index (χ0n) is 8.16. The molecule has 3 nitrogen and oxygen atoms in total. The van der Waals surface area contributed by atoms with Gasteiger partial charge in [0.2, 0.25) is 0 Å². The molecule has 1 aromatic carbocycles. The van der Waals surface area contributed by atoms with Crippen molar-refractivity contribution in [1.82, 2.24) is 15.5 Å². The minimum Gasteiger partial charge on any atom is -0.350 e. The molecule has 80 valence electrons. The number of nitrogens with one attached hydrogen (secondary N) is 2. The topological polar surface area (TPSA) is 27.3 Å². The van der Waals surface area contributed by atoms with Crippen LogP contribution >= 0.6 is 23.8 Å². The molecule has 1 aromatic rings. The second kappa shape index (κ2) is 4.79. The van der Waals surface area contributed by atoms with Gasteiger partial charge in [-0.2, -0.15) is 0 Å². The number of rotatable bonds is 2. The summed E-state index contributed by atoms with van der Waals surface area (Å²) in [6.45, 7) is 2.34. The van der Waals surface area contributed by atoms with Gasteiger partial charge in [-0.25, -0.2) is 0 Å². The maximum absolute atomic E-state index is 6.08. The van der Waals surface area contributed by atoms with Crippen molar-refractivity contribution in [2.24, 2.45) is 0 Å². The van der Waals surface area contributed by atoms with Crippen LogP contribution in [0.25, 0.3) is 0 Å². The van der Waals surface area contributed by atoms with Gasteiger partial charge in [0, 0.05) is 11.6 Å². The first kappa shape index (κ1) is 10.7. The van der Waals surface area contributed by atoms with E-state index in [1.807, 2.05) is 24.3 Å². The smallest absolute Gasteiger partial charge is 0.168 e. The largest absolute Gasteiger partial charge is 0.350 e. The van der Waals surface area contributed by atoms with Gasteiger partial charge in [0.1, 0.15) is 0 Å². The molecule has 0 spiro atoms. The van der Waals surface area contributed by atoms with Gasteiger partial charge >= 0.3 is 0 Å². The predicted octanol–water partition coefficient (Wildman–Crippen LogP) is 1.53. The van der Waals surface area contributed by atoms with Gasteiger partial charge in [0.05, 0.1) is 13.3 Å². The number of hydrogen-bond donors (Lipinski definition) is 2.